The van der Waals surface area contributed by atoms with Gasteiger partial charge in [0.2, 0.25) is 21.7 Å². The van der Waals surface area contributed by atoms with E-state index < -0.39 is 10.0 Å². The Balaban J connectivity index is 1.55. The minimum absolute atomic E-state index is 0.162. The summed E-state index contributed by atoms with van der Waals surface area (Å²) in [5.41, 5.74) is 0.776. The van der Waals surface area contributed by atoms with Crippen LogP contribution in [0.2, 0.25) is 5.02 Å². The van der Waals surface area contributed by atoms with Gasteiger partial charge in [-0.05, 0) is 43.2 Å². The molecule has 1 aliphatic rings. The molecule has 0 saturated carbocycles. The molecule has 7 nitrogen and oxygen atoms in total. The van der Waals surface area contributed by atoms with Crippen LogP contribution >= 0.6 is 11.6 Å². The van der Waals surface area contributed by atoms with Crippen LogP contribution in [-0.4, -0.2) is 43.1 Å². The van der Waals surface area contributed by atoms with Crippen LogP contribution in [0.4, 0.5) is 0 Å². The van der Waals surface area contributed by atoms with Gasteiger partial charge in [-0.15, -0.1) is 0 Å². The van der Waals surface area contributed by atoms with Gasteiger partial charge in [0.15, 0.2) is 0 Å². The van der Waals surface area contributed by atoms with Crippen molar-refractivity contribution in [3.05, 3.63) is 59.4 Å². The highest BCUT2D eigenvalue weighted by Crippen LogP contribution is 2.31. The number of aromatic nitrogens is 2. The third-order valence-electron chi connectivity index (χ3n) is 4.94. The van der Waals surface area contributed by atoms with E-state index in [0.29, 0.717) is 35.5 Å². The third kappa shape index (κ3) is 4.14. The van der Waals surface area contributed by atoms with E-state index in [1.165, 1.54) is 10.4 Å². The second-order valence-electron chi connectivity index (χ2n) is 6.85. The first-order chi connectivity index (χ1) is 14.0. The summed E-state index contributed by atoms with van der Waals surface area (Å²) in [5.74, 6) is 1.43. The molecule has 1 atom stereocenters. The summed E-state index contributed by atoms with van der Waals surface area (Å²) in [5, 5.41) is 4.46. The number of rotatable bonds is 5. The van der Waals surface area contributed by atoms with Crippen molar-refractivity contribution in [1.82, 2.24) is 14.4 Å². The summed E-state index contributed by atoms with van der Waals surface area (Å²) < 4.78 is 38.2. The topological polar surface area (TPSA) is 85.5 Å². The lowest BCUT2D eigenvalue weighted by Crippen LogP contribution is -2.39. The molecule has 0 spiro atoms. The van der Waals surface area contributed by atoms with Crippen molar-refractivity contribution in [2.24, 2.45) is 0 Å². The molecule has 2 aromatic carbocycles. The van der Waals surface area contributed by atoms with Crippen molar-refractivity contribution >= 4 is 21.6 Å². The van der Waals surface area contributed by atoms with Crippen LogP contribution in [-0.2, 0) is 10.0 Å². The van der Waals surface area contributed by atoms with Crippen molar-refractivity contribution in [1.29, 1.82) is 0 Å². The Morgan fingerprint density at radius 1 is 1.21 bits per heavy atom. The zero-order valence-electron chi connectivity index (χ0n) is 15.8. The Labute approximate surface area is 174 Å². The SMILES string of the molecule is COc1cccc(-c2noc(C3CCCN(S(=O)(=O)c4cccc(Cl)c4)C3)n2)c1. The molecule has 0 radical (unpaired) electrons. The predicted octanol–water partition coefficient (Wildman–Crippen LogP) is 3.97. The van der Waals surface area contributed by atoms with Gasteiger partial charge in [-0.25, -0.2) is 8.42 Å². The molecule has 3 aromatic rings. The van der Waals surface area contributed by atoms with E-state index in [1.54, 1.807) is 25.3 Å². The quantitative estimate of drug-likeness (QED) is 0.605. The lowest BCUT2D eigenvalue weighted by molar-refractivity contribution is 0.265. The molecular weight excluding hydrogens is 414 g/mol. The van der Waals surface area contributed by atoms with E-state index in [0.717, 1.165) is 12.0 Å². The van der Waals surface area contributed by atoms with Gasteiger partial charge in [-0.3, -0.25) is 0 Å². The minimum Gasteiger partial charge on any atom is -0.497 e. The highest BCUT2D eigenvalue weighted by Gasteiger charge is 2.33. The highest BCUT2D eigenvalue weighted by molar-refractivity contribution is 7.89. The summed E-state index contributed by atoms with van der Waals surface area (Å²) >= 11 is 5.97. The van der Waals surface area contributed by atoms with Crippen molar-refractivity contribution in [2.75, 3.05) is 20.2 Å². The summed E-state index contributed by atoms with van der Waals surface area (Å²) in [6.45, 7) is 0.733. The molecule has 0 amide bonds. The molecular formula is C20H20ClN3O4S. The van der Waals surface area contributed by atoms with E-state index in [4.69, 9.17) is 20.9 Å². The van der Waals surface area contributed by atoms with Crippen LogP contribution in [0.1, 0.15) is 24.7 Å². The summed E-state index contributed by atoms with van der Waals surface area (Å²) in [6, 6.07) is 13.7. The van der Waals surface area contributed by atoms with Crippen LogP contribution in [0.3, 0.4) is 0 Å². The van der Waals surface area contributed by atoms with Gasteiger partial charge < -0.3 is 9.26 Å². The van der Waals surface area contributed by atoms with Crippen LogP contribution in [0.15, 0.2) is 57.9 Å². The average molecular weight is 434 g/mol. The Morgan fingerprint density at radius 3 is 2.83 bits per heavy atom. The van der Waals surface area contributed by atoms with Gasteiger partial charge in [-0.2, -0.15) is 9.29 Å². The summed E-state index contributed by atoms with van der Waals surface area (Å²) in [6.07, 6.45) is 1.49. The van der Waals surface area contributed by atoms with E-state index >= 15 is 0 Å². The average Bonchev–Trinajstić information content (AvgIpc) is 3.24. The molecule has 9 heteroatoms. The number of piperidine rings is 1. The Hall–Kier alpha value is -2.42. The monoisotopic (exact) mass is 433 g/mol. The number of hydrogen-bond acceptors (Lipinski definition) is 6. The second-order valence-corrected chi connectivity index (χ2v) is 9.22. The van der Waals surface area contributed by atoms with Crippen molar-refractivity contribution in [3.63, 3.8) is 0 Å². The molecule has 2 heterocycles. The van der Waals surface area contributed by atoms with Gasteiger partial charge in [0, 0.05) is 23.7 Å². The molecule has 0 aliphatic carbocycles. The fourth-order valence-electron chi connectivity index (χ4n) is 3.42. The third-order valence-corrected chi connectivity index (χ3v) is 7.03. The molecule has 0 bridgehead atoms. The number of halogens is 1. The van der Waals surface area contributed by atoms with Gasteiger partial charge in [0.1, 0.15) is 5.75 Å². The molecule has 1 unspecified atom stereocenters. The Morgan fingerprint density at radius 2 is 2.03 bits per heavy atom. The van der Waals surface area contributed by atoms with Crippen LogP contribution < -0.4 is 4.74 Å². The van der Waals surface area contributed by atoms with E-state index in [2.05, 4.69) is 10.1 Å². The van der Waals surface area contributed by atoms with Gasteiger partial charge in [0.05, 0.1) is 17.9 Å². The summed E-state index contributed by atoms with van der Waals surface area (Å²) in [4.78, 5) is 4.70. The highest BCUT2D eigenvalue weighted by atomic mass is 35.5. The number of benzene rings is 2. The van der Waals surface area contributed by atoms with Crippen molar-refractivity contribution in [3.8, 4) is 17.1 Å². The van der Waals surface area contributed by atoms with E-state index in [9.17, 15) is 8.42 Å². The molecule has 152 valence electrons. The zero-order valence-corrected chi connectivity index (χ0v) is 17.4. The van der Waals surface area contributed by atoms with Gasteiger partial charge in [0.25, 0.3) is 0 Å². The van der Waals surface area contributed by atoms with Crippen LogP contribution in [0, 0.1) is 0 Å². The zero-order chi connectivity index (χ0) is 20.4. The number of methoxy groups -OCH3 is 1. The van der Waals surface area contributed by atoms with Gasteiger partial charge in [-0.1, -0.05) is 35.0 Å². The minimum atomic E-state index is -3.64. The lowest BCUT2D eigenvalue weighted by Gasteiger charge is -2.30. The Kier molecular flexibility index (Phi) is 5.58. The standard InChI is InChI=1S/C20H20ClN3O4S/c1-27-17-8-2-5-14(11-17)19-22-20(28-23-19)15-6-4-10-24(13-15)29(25,26)18-9-3-7-16(21)12-18/h2-3,5,7-9,11-12,15H,4,6,10,13H2,1H3. The molecule has 29 heavy (non-hydrogen) atoms. The predicted molar refractivity (Wildman–Crippen MR) is 108 cm³/mol. The smallest absolute Gasteiger partial charge is 0.243 e. The fraction of sp³-hybridized carbons (Fsp3) is 0.300. The van der Waals surface area contributed by atoms with E-state index in [-0.39, 0.29) is 17.4 Å². The van der Waals surface area contributed by atoms with Crippen LogP contribution in [0.25, 0.3) is 11.4 Å². The first-order valence-corrected chi connectivity index (χ1v) is 11.0. The first kappa shape index (κ1) is 19.9. The Bertz CT molecular complexity index is 1120. The molecule has 0 N–H and O–H groups in total. The normalized spacial score (nSPS) is 17.9. The molecule has 1 aromatic heterocycles. The number of hydrogen-bond donors (Lipinski definition) is 0. The molecule has 1 fully saturated rings. The summed E-state index contributed by atoms with van der Waals surface area (Å²) in [7, 11) is -2.04. The molecule has 4 rings (SSSR count). The number of nitrogens with zero attached hydrogens (tertiary/aromatic N) is 3. The van der Waals surface area contributed by atoms with Gasteiger partial charge >= 0.3 is 0 Å². The van der Waals surface area contributed by atoms with E-state index in [1.807, 2.05) is 24.3 Å². The van der Waals surface area contributed by atoms with Crippen molar-refractivity contribution < 1.29 is 17.7 Å². The maximum absolute atomic E-state index is 13.0. The molecule has 1 saturated heterocycles. The number of ether oxygens (including phenoxy) is 1. The first-order valence-electron chi connectivity index (χ1n) is 9.21. The number of sulfonamides is 1. The maximum Gasteiger partial charge on any atom is 0.243 e. The molecule has 1 aliphatic heterocycles. The largest absolute Gasteiger partial charge is 0.497 e. The lowest BCUT2D eigenvalue weighted by atomic mass is 10.00. The van der Waals surface area contributed by atoms with Crippen molar-refractivity contribution in [2.45, 2.75) is 23.7 Å². The maximum atomic E-state index is 13.0. The second kappa shape index (κ2) is 8.14. The van der Waals surface area contributed by atoms with Crippen LogP contribution in [0.5, 0.6) is 5.75 Å². The fourth-order valence-corrected chi connectivity index (χ4v) is 5.24.